The molecule has 1 aliphatic heterocycles. The monoisotopic (exact) mass is 365 g/mol. The minimum atomic E-state index is -4.11. The molecule has 21 heavy (non-hydrogen) atoms. The van der Waals surface area contributed by atoms with E-state index in [0.29, 0.717) is 25.9 Å². The van der Waals surface area contributed by atoms with Crippen molar-refractivity contribution in [2.45, 2.75) is 31.5 Å². The summed E-state index contributed by atoms with van der Waals surface area (Å²) in [6.07, 6.45) is -3.55. The molecule has 0 bridgehead atoms. The Kier molecular flexibility index (Phi) is 5.68. The van der Waals surface area contributed by atoms with E-state index in [4.69, 9.17) is 0 Å². The normalized spacial score (nSPS) is 22.2. The van der Waals surface area contributed by atoms with Gasteiger partial charge in [-0.05, 0) is 37.4 Å². The third-order valence-corrected chi connectivity index (χ3v) is 4.67. The molecule has 0 radical (unpaired) electrons. The van der Waals surface area contributed by atoms with Crippen molar-refractivity contribution in [3.63, 3.8) is 0 Å². The van der Waals surface area contributed by atoms with Crippen molar-refractivity contribution < 1.29 is 18.3 Å². The highest BCUT2D eigenvalue weighted by molar-refractivity contribution is 9.10. The first kappa shape index (κ1) is 16.8. The van der Waals surface area contributed by atoms with Crippen molar-refractivity contribution >= 4 is 15.9 Å². The number of aliphatic hydroxyl groups is 1. The second-order valence-corrected chi connectivity index (χ2v) is 6.36. The number of aliphatic hydroxyl groups excluding tert-OH is 1. The lowest BCUT2D eigenvalue weighted by atomic mass is 9.97. The van der Waals surface area contributed by atoms with Crippen LogP contribution in [0.1, 0.15) is 30.9 Å². The summed E-state index contributed by atoms with van der Waals surface area (Å²) in [5, 5.41) is 10.2. The maximum Gasteiger partial charge on any atom is 0.393 e. The van der Waals surface area contributed by atoms with Gasteiger partial charge in [0.05, 0.1) is 12.0 Å². The van der Waals surface area contributed by atoms with Gasteiger partial charge in [0.2, 0.25) is 0 Å². The van der Waals surface area contributed by atoms with Crippen molar-refractivity contribution in [3.05, 3.63) is 34.3 Å². The van der Waals surface area contributed by atoms with Crippen LogP contribution in [0.3, 0.4) is 0 Å². The Labute approximate surface area is 131 Å². The highest BCUT2D eigenvalue weighted by atomic mass is 79.9. The average Bonchev–Trinajstić information content (AvgIpc) is 2.45. The molecule has 1 aromatic carbocycles. The average molecular weight is 366 g/mol. The van der Waals surface area contributed by atoms with Gasteiger partial charge in [0.1, 0.15) is 0 Å². The fourth-order valence-corrected chi connectivity index (χ4v) is 3.28. The Morgan fingerprint density at radius 2 is 2.05 bits per heavy atom. The molecule has 0 saturated carbocycles. The van der Waals surface area contributed by atoms with Crippen LogP contribution < -0.4 is 0 Å². The number of hydrogen-bond donors (Lipinski definition) is 1. The number of halogens is 4. The molecule has 118 valence electrons. The van der Waals surface area contributed by atoms with Crippen molar-refractivity contribution in [3.8, 4) is 0 Å². The van der Waals surface area contributed by atoms with Gasteiger partial charge in [-0.2, -0.15) is 13.2 Å². The number of rotatable bonds is 4. The van der Waals surface area contributed by atoms with Gasteiger partial charge in [-0.3, -0.25) is 0 Å². The van der Waals surface area contributed by atoms with Crippen molar-refractivity contribution in [2.24, 2.45) is 5.92 Å². The van der Waals surface area contributed by atoms with Crippen LogP contribution in [0, 0.1) is 5.92 Å². The number of benzene rings is 1. The Bertz CT molecular complexity index is 466. The Morgan fingerprint density at radius 3 is 2.71 bits per heavy atom. The lowest BCUT2D eigenvalue weighted by Gasteiger charge is -2.34. The summed E-state index contributed by atoms with van der Waals surface area (Å²) in [6, 6.07) is 7.37. The summed E-state index contributed by atoms with van der Waals surface area (Å²) >= 11 is 3.38. The zero-order valence-electron chi connectivity index (χ0n) is 11.6. The van der Waals surface area contributed by atoms with E-state index < -0.39 is 18.2 Å². The molecule has 2 rings (SSSR count). The number of piperidine rings is 1. The van der Waals surface area contributed by atoms with Crippen LogP contribution in [0.2, 0.25) is 0 Å². The fraction of sp³-hybridized carbons (Fsp3) is 0.600. The van der Waals surface area contributed by atoms with E-state index in [0.717, 1.165) is 10.0 Å². The zero-order valence-corrected chi connectivity index (χ0v) is 13.2. The van der Waals surface area contributed by atoms with Crippen LogP contribution in [0.25, 0.3) is 0 Å². The Balaban J connectivity index is 1.87. The van der Waals surface area contributed by atoms with E-state index in [2.05, 4.69) is 15.9 Å². The van der Waals surface area contributed by atoms with Gasteiger partial charge < -0.3 is 10.0 Å². The summed E-state index contributed by atoms with van der Waals surface area (Å²) in [5.41, 5.74) is 0.780. The summed E-state index contributed by atoms with van der Waals surface area (Å²) in [7, 11) is 0. The molecule has 2 unspecified atom stereocenters. The summed E-state index contributed by atoms with van der Waals surface area (Å²) < 4.78 is 39.1. The van der Waals surface area contributed by atoms with Crippen LogP contribution in [-0.2, 0) is 0 Å². The van der Waals surface area contributed by atoms with Crippen molar-refractivity contribution in [1.29, 1.82) is 0 Å². The standard InChI is InChI=1S/C15H19BrF3NO/c16-13-6-2-1-5-12(13)14(21)7-9-20-8-3-4-11(10-20)15(17,18)19/h1-2,5-6,11,14,21H,3-4,7-10H2. The van der Waals surface area contributed by atoms with Gasteiger partial charge in [0.25, 0.3) is 0 Å². The van der Waals surface area contributed by atoms with Gasteiger partial charge in [-0.1, -0.05) is 34.1 Å². The highest BCUT2D eigenvalue weighted by Crippen LogP contribution is 2.33. The van der Waals surface area contributed by atoms with Gasteiger partial charge in [-0.25, -0.2) is 0 Å². The van der Waals surface area contributed by atoms with E-state index in [1.165, 1.54) is 0 Å². The van der Waals surface area contributed by atoms with Crippen LogP contribution in [-0.4, -0.2) is 35.8 Å². The van der Waals surface area contributed by atoms with Crippen LogP contribution >= 0.6 is 15.9 Å². The van der Waals surface area contributed by atoms with Gasteiger partial charge in [0, 0.05) is 17.6 Å². The van der Waals surface area contributed by atoms with Crippen molar-refractivity contribution in [2.75, 3.05) is 19.6 Å². The van der Waals surface area contributed by atoms with E-state index in [9.17, 15) is 18.3 Å². The smallest absolute Gasteiger partial charge is 0.388 e. The molecule has 1 aliphatic rings. The molecule has 1 saturated heterocycles. The third kappa shape index (κ3) is 4.69. The summed E-state index contributed by atoms with van der Waals surface area (Å²) in [5.74, 6) is -1.23. The largest absolute Gasteiger partial charge is 0.393 e. The molecule has 1 aromatic rings. The molecule has 2 nitrogen and oxygen atoms in total. The molecule has 0 aliphatic carbocycles. The Hall–Kier alpha value is -0.590. The van der Waals surface area contributed by atoms with E-state index in [-0.39, 0.29) is 13.0 Å². The van der Waals surface area contributed by atoms with Crippen LogP contribution in [0.4, 0.5) is 13.2 Å². The van der Waals surface area contributed by atoms with Crippen molar-refractivity contribution in [1.82, 2.24) is 4.90 Å². The lowest BCUT2D eigenvalue weighted by molar-refractivity contribution is -0.186. The number of likely N-dealkylation sites (tertiary alicyclic amines) is 1. The predicted molar refractivity (Wildman–Crippen MR) is 78.9 cm³/mol. The van der Waals surface area contributed by atoms with Gasteiger partial charge in [0.15, 0.2) is 0 Å². The molecule has 6 heteroatoms. The molecule has 1 heterocycles. The highest BCUT2D eigenvalue weighted by Gasteiger charge is 2.41. The summed E-state index contributed by atoms with van der Waals surface area (Å²) in [4.78, 5) is 1.81. The number of hydrogen-bond acceptors (Lipinski definition) is 2. The predicted octanol–water partition coefficient (Wildman–Crippen LogP) is 4.15. The molecular weight excluding hydrogens is 347 g/mol. The third-order valence-electron chi connectivity index (χ3n) is 3.95. The molecular formula is C15H19BrF3NO. The number of alkyl halides is 3. The first-order chi connectivity index (χ1) is 9.88. The van der Waals surface area contributed by atoms with Gasteiger partial charge in [-0.15, -0.1) is 0 Å². The first-order valence-corrected chi connectivity index (χ1v) is 7.89. The Morgan fingerprint density at radius 1 is 1.33 bits per heavy atom. The number of nitrogens with zero attached hydrogens (tertiary/aromatic N) is 1. The fourth-order valence-electron chi connectivity index (χ4n) is 2.73. The SMILES string of the molecule is OC(CCN1CCCC(C(F)(F)F)C1)c1ccccc1Br. The minimum absolute atomic E-state index is 0.0478. The molecule has 2 atom stereocenters. The van der Waals surface area contributed by atoms with Gasteiger partial charge >= 0.3 is 6.18 Å². The second-order valence-electron chi connectivity index (χ2n) is 5.51. The van der Waals surface area contributed by atoms with E-state index >= 15 is 0 Å². The maximum atomic E-state index is 12.7. The minimum Gasteiger partial charge on any atom is -0.388 e. The zero-order chi connectivity index (χ0) is 15.5. The molecule has 1 N–H and O–H groups in total. The van der Waals surface area contributed by atoms with Crippen LogP contribution in [0.15, 0.2) is 28.7 Å². The molecule has 0 spiro atoms. The molecule has 0 aromatic heterocycles. The molecule has 0 amide bonds. The maximum absolute atomic E-state index is 12.7. The molecule has 1 fully saturated rings. The topological polar surface area (TPSA) is 23.5 Å². The van der Waals surface area contributed by atoms with Crippen LogP contribution in [0.5, 0.6) is 0 Å². The lowest BCUT2D eigenvalue weighted by Crippen LogP contribution is -2.42. The van der Waals surface area contributed by atoms with E-state index in [1.807, 2.05) is 29.2 Å². The summed E-state index contributed by atoms with van der Waals surface area (Å²) in [6.45, 7) is 1.20. The van der Waals surface area contributed by atoms with E-state index in [1.54, 1.807) is 0 Å². The second kappa shape index (κ2) is 7.11. The quantitative estimate of drug-likeness (QED) is 0.866. The first-order valence-electron chi connectivity index (χ1n) is 7.09.